The Morgan fingerprint density at radius 3 is 2.71 bits per heavy atom. The van der Waals surface area contributed by atoms with Crippen LogP contribution in [0.5, 0.6) is 0 Å². The second-order valence-corrected chi connectivity index (χ2v) is 4.20. The molecule has 17 heavy (non-hydrogen) atoms. The average molecular weight is 238 g/mol. The van der Waals surface area contributed by atoms with Gasteiger partial charge in [0.1, 0.15) is 0 Å². The van der Waals surface area contributed by atoms with Gasteiger partial charge in [-0.25, -0.2) is 0 Å². The summed E-state index contributed by atoms with van der Waals surface area (Å²) in [5.41, 5.74) is 2.01. The summed E-state index contributed by atoms with van der Waals surface area (Å²) in [5.74, 6) is 0. The van der Waals surface area contributed by atoms with Gasteiger partial charge in [0.15, 0.2) is 0 Å². The van der Waals surface area contributed by atoms with Gasteiger partial charge in [0.05, 0.1) is 31.2 Å². The third-order valence-electron chi connectivity index (χ3n) is 2.24. The summed E-state index contributed by atoms with van der Waals surface area (Å²) in [4.78, 5) is 4.51. The Morgan fingerprint density at radius 2 is 2.00 bits per heavy atom. The van der Waals surface area contributed by atoms with Crippen molar-refractivity contribution >= 4 is 0 Å². The Labute approximate surface area is 103 Å². The van der Waals surface area contributed by atoms with Crippen LogP contribution in [0, 0.1) is 0 Å². The lowest BCUT2D eigenvalue weighted by molar-refractivity contribution is 0.0601. The van der Waals surface area contributed by atoms with Crippen molar-refractivity contribution in [3.63, 3.8) is 0 Å². The number of aromatic nitrogens is 1. The molecule has 0 saturated heterocycles. The summed E-state index contributed by atoms with van der Waals surface area (Å²) >= 11 is 0. The van der Waals surface area contributed by atoms with Crippen LogP contribution in [-0.2, 0) is 22.6 Å². The second kappa shape index (κ2) is 8.17. The molecule has 4 heteroatoms. The fourth-order valence-corrected chi connectivity index (χ4v) is 1.34. The molecule has 1 aromatic heterocycles. The van der Waals surface area contributed by atoms with E-state index in [1.54, 1.807) is 7.11 Å². The minimum absolute atomic E-state index is 0.471. The molecule has 1 heterocycles. The molecule has 4 nitrogen and oxygen atoms in total. The molecule has 0 saturated carbocycles. The molecular weight excluding hydrogens is 216 g/mol. The third-order valence-corrected chi connectivity index (χ3v) is 2.24. The van der Waals surface area contributed by atoms with Crippen molar-refractivity contribution in [2.24, 2.45) is 0 Å². The summed E-state index contributed by atoms with van der Waals surface area (Å²) in [6.07, 6.45) is 0. The maximum Gasteiger partial charge on any atom is 0.0889 e. The molecule has 0 unspecified atom stereocenters. The Hall–Kier alpha value is -0.970. The van der Waals surface area contributed by atoms with E-state index in [9.17, 15) is 0 Å². The Kier molecular flexibility index (Phi) is 6.77. The van der Waals surface area contributed by atoms with Crippen molar-refractivity contribution in [3.05, 3.63) is 29.6 Å². The zero-order valence-corrected chi connectivity index (χ0v) is 10.9. The molecule has 1 aromatic rings. The Bertz CT molecular complexity index is 316. The molecule has 0 bridgehead atoms. The van der Waals surface area contributed by atoms with Crippen LogP contribution in [0.1, 0.15) is 25.2 Å². The van der Waals surface area contributed by atoms with Crippen molar-refractivity contribution in [2.75, 3.05) is 20.3 Å². The monoisotopic (exact) mass is 238 g/mol. The van der Waals surface area contributed by atoms with Crippen LogP contribution in [0.2, 0.25) is 0 Å². The number of nitrogens with one attached hydrogen (secondary N) is 1. The topological polar surface area (TPSA) is 43.4 Å². The van der Waals surface area contributed by atoms with Gasteiger partial charge in [-0.15, -0.1) is 0 Å². The fourth-order valence-electron chi connectivity index (χ4n) is 1.34. The van der Waals surface area contributed by atoms with Crippen LogP contribution in [0.15, 0.2) is 18.2 Å². The van der Waals surface area contributed by atoms with Gasteiger partial charge in [-0.2, -0.15) is 0 Å². The minimum Gasteiger partial charge on any atom is -0.382 e. The standard InChI is InChI=1S/C13H22N2O2/c1-11(2)14-9-12-5-4-6-13(15-12)10-17-8-7-16-3/h4-6,11,14H,7-10H2,1-3H3. The van der Waals surface area contributed by atoms with Crippen LogP contribution >= 0.6 is 0 Å². The van der Waals surface area contributed by atoms with E-state index < -0.39 is 0 Å². The molecule has 1 rings (SSSR count). The van der Waals surface area contributed by atoms with Crippen molar-refractivity contribution in [1.82, 2.24) is 10.3 Å². The van der Waals surface area contributed by atoms with Gasteiger partial charge in [-0.05, 0) is 12.1 Å². The van der Waals surface area contributed by atoms with E-state index in [0.717, 1.165) is 17.9 Å². The lowest BCUT2D eigenvalue weighted by Crippen LogP contribution is -2.22. The number of nitrogens with zero attached hydrogens (tertiary/aromatic N) is 1. The van der Waals surface area contributed by atoms with Gasteiger partial charge in [-0.1, -0.05) is 19.9 Å². The molecule has 0 aliphatic heterocycles. The maximum absolute atomic E-state index is 5.43. The highest BCUT2D eigenvalue weighted by Gasteiger charge is 1.99. The molecule has 0 radical (unpaired) electrons. The van der Waals surface area contributed by atoms with E-state index >= 15 is 0 Å². The first-order valence-electron chi connectivity index (χ1n) is 5.97. The summed E-state index contributed by atoms with van der Waals surface area (Å²) in [6, 6.07) is 6.48. The van der Waals surface area contributed by atoms with E-state index in [2.05, 4.69) is 24.1 Å². The first-order valence-corrected chi connectivity index (χ1v) is 5.97. The first-order chi connectivity index (χ1) is 8.22. The van der Waals surface area contributed by atoms with E-state index in [1.165, 1.54) is 0 Å². The van der Waals surface area contributed by atoms with Gasteiger partial charge in [0.2, 0.25) is 0 Å². The predicted octanol–water partition coefficient (Wildman–Crippen LogP) is 1.74. The van der Waals surface area contributed by atoms with Gasteiger partial charge in [-0.3, -0.25) is 4.98 Å². The van der Waals surface area contributed by atoms with Gasteiger partial charge >= 0.3 is 0 Å². The van der Waals surface area contributed by atoms with Crippen molar-refractivity contribution < 1.29 is 9.47 Å². The van der Waals surface area contributed by atoms with Crippen molar-refractivity contribution in [2.45, 2.75) is 33.0 Å². The zero-order valence-electron chi connectivity index (χ0n) is 10.9. The largest absolute Gasteiger partial charge is 0.382 e. The molecule has 0 atom stereocenters. The van der Waals surface area contributed by atoms with Crippen LogP contribution in [0.3, 0.4) is 0 Å². The minimum atomic E-state index is 0.471. The number of pyridine rings is 1. The SMILES string of the molecule is COCCOCc1cccc(CNC(C)C)n1. The fraction of sp³-hybridized carbons (Fsp3) is 0.615. The molecule has 0 amide bonds. The number of hydrogen-bond donors (Lipinski definition) is 1. The van der Waals surface area contributed by atoms with E-state index in [4.69, 9.17) is 9.47 Å². The van der Waals surface area contributed by atoms with Gasteiger partial charge < -0.3 is 14.8 Å². The van der Waals surface area contributed by atoms with Crippen LogP contribution in [-0.4, -0.2) is 31.3 Å². The highest BCUT2D eigenvalue weighted by molar-refractivity contribution is 5.10. The quantitative estimate of drug-likeness (QED) is 0.701. The lowest BCUT2D eigenvalue weighted by Gasteiger charge is -2.09. The Morgan fingerprint density at radius 1 is 1.24 bits per heavy atom. The van der Waals surface area contributed by atoms with Gasteiger partial charge in [0, 0.05) is 19.7 Å². The molecule has 0 fully saturated rings. The van der Waals surface area contributed by atoms with Gasteiger partial charge in [0.25, 0.3) is 0 Å². The number of ether oxygens (including phenoxy) is 2. The predicted molar refractivity (Wildman–Crippen MR) is 67.7 cm³/mol. The molecule has 0 aliphatic rings. The van der Waals surface area contributed by atoms with Crippen LogP contribution in [0.25, 0.3) is 0 Å². The molecule has 96 valence electrons. The number of methoxy groups -OCH3 is 1. The highest BCUT2D eigenvalue weighted by atomic mass is 16.5. The number of rotatable bonds is 8. The van der Waals surface area contributed by atoms with Crippen molar-refractivity contribution in [3.8, 4) is 0 Å². The van der Waals surface area contributed by atoms with E-state index in [0.29, 0.717) is 25.9 Å². The summed E-state index contributed by atoms with van der Waals surface area (Å²) in [6.45, 7) is 6.80. The summed E-state index contributed by atoms with van der Waals surface area (Å²) in [5, 5.41) is 3.34. The van der Waals surface area contributed by atoms with E-state index in [-0.39, 0.29) is 0 Å². The Balaban J connectivity index is 2.37. The molecular formula is C13H22N2O2. The van der Waals surface area contributed by atoms with Crippen LogP contribution in [0.4, 0.5) is 0 Å². The molecule has 0 aromatic carbocycles. The number of hydrogen-bond acceptors (Lipinski definition) is 4. The summed E-state index contributed by atoms with van der Waals surface area (Å²) < 4.78 is 10.3. The molecule has 0 spiro atoms. The first kappa shape index (κ1) is 14.1. The smallest absolute Gasteiger partial charge is 0.0889 e. The highest BCUT2D eigenvalue weighted by Crippen LogP contribution is 2.01. The van der Waals surface area contributed by atoms with E-state index in [1.807, 2.05) is 18.2 Å². The maximum atomic E-state index is 5.43. The lowest BCUT2D eigenvalue weighted by atomic mass is 10.3. The normalized spacial score (nSPS) is 11.1. The average Bonchev–Trinajstić information content (AvgIpc) is 2.33. The summed E-state index contributed by atoms with van der Waals surface area (Å²) in [7, 11) is 1.67. The van der Waals surface area contributed by atoms with Crippen molar-refractivity contribution in [1.29, 1.82) is 0 Å². The second-order valence-electron chi connectivity index (χ2n) is 4.20. The van der Waals surface area contributed by atoms with Crippen LogP contribution < -0.4 is 5.32 Å². The third kappa shape index (κ3) is 6.36. The zero-order chi connectivity index (χ0) is 12.5. The molecule has 1 N–H and O–H groups in total. The molecule has 0 aliphatic carbocycles.